The van der Waals surface area contributed by atoms with Crippen LogP contribution in [0.25, 0.3) is 5.82 Å². The monoisotopic (exact) mass is 247 g/mol. The summed E-state index contributed by atoms with van der Waals surface area (Å²) in [5.74, 6) is 3.10. The van der Waals surface area contributed by atoms with Crippen molar-refractivity contribution in [2.24, 2.45) is 0 Å². The second-order valence-electron chi connectivity index (χ2n) is 3.76. The molecule has 1 N–H and O–H groups in total. The van der Waals surface area contributed by atoms with E-state index in [-0.39, 0.29) is 0 Å². The first-order valence-electron chi connectivity index (χ1n) is 5.88. The minimum absolute atomic E-state index is 0.409. The molecule has 0 saturated heterocycles. The van der Waals surface area contributed by atoms with Gasteiger partial charge in [0.15, 0.2) is 5.82 Å². The molecule has 2 aromatic rings. The van der Waals surface area contributed by atoms with Gasteiger partial charge in [0.25, 0.3) is 0 Å². The molecule has 96 valence electrons. The summed E-state index contributed by atoms with van der Waals surface area (Å²) in [6.07, 6.45) is 3.63. The summed E-state index contributed by atoms with van der Waals surface area (Å²) in [5.41, 5.74) is 0. The zero-order chi connectivity index (χ0) is 13.0. The fraction of sp³-hybridized carbons (Fsp3) is 0.417. The second kappa shape index (κ2) is 5.59. The van der Waals surface area contributed by atoms with Crippen molar-refractivity contribution in [2.45, 2.75) is 20.5 Å². The first kappa shape index (κ1) is 12.5. The first-order chi connectivity index (χ1) is 8.74. The molecule has 0 aliphatic carbocycles. The molecule has 2 heterocycles. The third-order valence-electron chi connectivity index (χ3n) is 2.52. The van der Waals surface area contributed by atoms with E-state index in [0.717, 1.165) is 17.5 Å². The van der Waals surface area contributed by atoms with Crippen molar-refractivity contribution in [3.8, 4) is 5.82 Å². The molecule has 2 rings (SSSR count). The van der Waals surface area contributed by atoms with Crippen LogP contribution in [0, 0.1) is 6.92 Å². The van der Waals surface area contributed by atoms with Crippen LogP contribution in [0.3, 0.4) is 0 Å². The molecular weight excluding hydrogens is 230 g/mol. The van der Waals surface area contributed by atoms with E-state index < -0.39 is 0 Å². The summed E-state index contributed by atoms with van der Waals surface area (Å²) in [6, 6.07) is 1.88. The van der Waals surface area contributed by atoms with Crippen LogP contribution in [0.1, 0.15) is 18.6 Å². The van der Waals surface area contributed by atoms with Gasteiger partial charge >= 0.3 is 0 Å². The van der Waals surface area contributed by atoms with Crippen molar-refractivity contribution in [3.05, 3.63) is 30.1 Å². The average Bonchev–Trinajstić information content (AvgIpc) is 2.82. The number of nitrogens with zero attached hydrogens (tertiary/aromatic N) is 4. The number of hydrogen-bond donors (Lipinski definition) is 1. The number of aromatic nitrogens is 4. The molecule has 0 unspecified atom stereocenters. The highest BCUT2D eigenvalue weighted by atomic mass is 16.5. The zero-order valence-corrected chi connectivity index (χ0v) is 10.8. The lowest BCUT2D eigenvalue weighted by atomic mass is 10.4. The van der Waals surface area contributed by atoms with Crippen molar-refractivity contribution < 1.29 is 4.74 Å². The fourth-order valence-electron chi connectivity index (χ4n) is 1.61. The molecule has 6 nitrogen and oxygen atoms in total. The number of nitrogens with one attached hydrogen (secondary N) is 1. The van der Waals surface area contributed by atoms with E-state index in [0.29, 0.717) is 19.0 Å². The molecule has 18 heavy (non-hydrogen) atoms. The van der Waals surface area contributed by atoms with Crippen LogP contribution < -0.4 is 5.32 Å². The zero-order valence-electron chi connectivity index (χ0n) is 10.8. The molecule has 0 atom stereocenters. The molecule has 0 aromatic carbocycles. The van der Waals surface area contributed by atoms with Gasteiger partial charge in [-0.25, -0.2) is 15.0 Å². The van der Waals surface area contributed by atoms with Gasteiger partial charge in [0.1, 0.15) is 24.1 Å². The van der Waals surface area contributed by atoms with Crippen molar-refractivity contribution in [1.29, 1.82) is 0 Å². The largest absolute Gasteiger partial charge is 0.374 e. The summed E-state index contributed by atoms with van der Waals surface area (Å²) < 4.78 is 7.26. The summed E-state index contributed by atoms with van der Waals surface area (Å²) >= 11 is 0. The number of imidazole rings is 1. The third kappa shape index (κ3) is 2.65. The summed E-state index contributed by atoms with van der Waals surface area (Å²) in [6.45, 7) is 4.94. The maximum absolute atomic E-state index is 5.34. The Morgan fingerprint density at radius 3 is 2.83 bits per heavy atom. The lowest BCUT2D eigenvalue weighted by molar-refractivity contribution is 0.128. The molecule has 0 aliphatic rings. The molecule has 0 aliphatic heterocycles. The smallest absolute Gasteiger partial charge is 0.158 e. The topological polar surface area (TPSA) is 64.9 Å². The highest BCUT2D eigenvalue weighted by Crippen LogP contribution is 2.13. The van der Waals surface area contributed by atoms with Gasteiger partial charge in [-0.15, -0.1) is 0 Å². The fourth-order valence-corrected chi connectivity index (χ4v) is 1.61. The molecule has 0 spiro atoms. The predicted molar refractivity (Wildman–Crippen MR) is 68.8 cm³/mol. The SMILES string of the molecule is CCOCc1nc(NC)cc(-n2ccnc2C)n1. The number of ether oxygens (including phenoxy) is 1. The summed E-state index contributed by atoms with van der Waals surface area (Å²) in [7, 11) is 1.83. The lowest BCUT2D eigenvalue weighted by Crippen LogP contribution is -2.07. The van der Waals surface area contributed by atoms with Crippen LogP contribution in [0.2, 0.25) is 0 Å². The molecule has 0 amide bonds. The van der Waals surface area contributed by atoms with Gasteiger partial charge in [0, 0.05) is 32.1 Å². The van der Waals surface area contributed by atoms with Gasteiger partial charge in [0.2, 0.25) is 0 Å². The Morgan fingerprint density at radius 2 is 2.22 bits per heavy atom. The van der Waals surface area contributed by atoms with Gasteiger partial charge in [-0.1, -0.05) is 0 Å². The molecule has 0 fully saturated rings. The lowest BCUT2D eigenvalue weighted by Gasteiger charge is -2.09. The van der Waals surface area contributed by atoms with Gasteiger partial charge in [-0.2, -0.15) is 0 Å². The standard InChI is InChI=1S/C12H17N5O/c1-4-18-8-11-15-10(13-3)7-12(16-11)17-6-5-14-9(17)2/h5-7H,4,8H2,1-3H3,(H,13,15,16). The Hall–Kier alpha value is -1.95. The van der Waals surface area contributed by atoms with Gasteiger partial charge in [0.05, 0.1) is 0 Å². The van der Waals surface area contributed by atoms with E-state index >= 15 is 0 Å². The Kier molecular flexibility index (Phi) is 3.88. The van der Waals surface area contributed by atoms with E-state index in [2.05, 4.69) is 20.3 Å². The maximum atomic E-state index is 5.34. The normalized spacial score (nSPS) is 10.6. The second-order valence-corrected chi connectivity index (χ2v) is 3.76. The maximum Gasteiger partial charge on any atom is 0.158 e. The van der Waals surface area contributed by atoms with Crippen LogP contribution in [-0.2, 0) is 11.3 Å². The molecule has 6 heteroatoms. The summed E-state index contributed by atoms with van der Waals surface area (Å²) in [4.78, 5) is 13.0. The molecular formula is C12H17N5O. The molecule has 0 bridgehead atoms. The van der Waals surface area contributed by atoms with Crippen molar-refractivity contribution in [3.63, 3.8) is 0 Å². The average molecular weight is 247 g/mol. The number of hydrogen-bond acceptors (Lipinski definition) is 5. The van der Waals surface area contributed by atoms with E-state index in [9.17, 15) is 0 Å². The Bertz CT molecular complexity index is 523. The minimum atomic E-state index is 0.409. The van der Waals surface area contributed by atoms with Crippen LogP contribution in [0.4, 0.5) is 5.82 Å². The molecule has 0 saturated carbocycles. The van der Waals surface area contributed by atoms with Gasteiger partial charge < -0.3 is 10.1 Å². The quantitative estimate of drug-likeness (QED) is 0.868. The highest BCUT2D eigenvalue weighted by molar-refractivity contribution is 5.41. The van der Waals surface area contributed by atoms with E-state index in [1.54, 1.807) is 6.20 Å². The number of anilines is 1. The number of rotatable bonds is 5. The molecule has 2 aromatic heterocycles. The van der Waals surface area contributed by atoms with Crippen LogP contribution in [-0.4, -0.2) is 33.2 Å². The third-order valence-corrected chi connectivity index (χ3v) is 2.52. The van der Waals surface area contributed by atoms with E-state index in [1.165, 1.54) is 0 Å². The Morgan fingerprint density at radius 1 is 1.39 bits per heavy atom. The summed E-state index contributed by atoms with van der Waals surface area (Å²) in [5, 5.41) is 3.03. The van der Waals surface area contributed by atoms with E-state index in [1.807, 2.05) is 37.7 Å². The van der Waals surface area contributed by atoms with Crippen molar-refractivity contribution in [1.82, 2.24) is 19.5 Å². The van der Waals surface area contributed by atoms with Gasteiger partial charge in [-0.3, -0.25) is 4.57 Å². The van der Waals surface area contributed by atoms with Gasteiger partial charge in [-0.05, 0) is 13.8 Å². The first-order valence-corrected chi connectivity index (χ1v) is 5.88. The Balaban J connectivity index is 2.38. The Labute approximate surface area is 106 Å². The minimum Gasteiger partial charge on any atom is -0.374 e. The van der Waals surface area contributed by atoms with Crippen molar-refractivity contribution >= 4 is 5.82 Å². The number of aryl methyl sites for hydroxylation is 1. The van der Waals surface area contributed by atoms with Crippen LogP contribution in [0.5, 0.6) is 0 Å². The highest BCUT2D eigenvalue weighted by Gasteiger charge is 2.07. The predicted octanol–water partition coefficient (Wildman–Crippen LogP) is 1.55. The van der Waals surface area contributed by atoms with E-state index in [4.69, 9.17) is 4.74 Å². The molecule has 0 radical (unpaired) electrons. The van der Waals surface area contributed by atoms with Crippen LogP contribution in [0.15, 0.2) is 18.5 Å². The van der Waals surface area contributed by atoms with Crippen LogP contribution >= 0.6 is 0 Å². The van der Waals surface area contributed by atoms with Crippen molar-refractivity contribution in [2.75, 3.05) is 19.0 Å².